The van der Waals surface area contributed by atoms with Gasteiger partial charge in [-0.1, -0.05) is 29.8 Å². The van der Waals surface area contributed by atoms with Gasteiger partial charge in [0.2, 0.25) is 5.88 Å². The van der Waals surface area contributed by atoms with Crippen LogP contribution in [-0.4, -0.2) is 14.7 Å². The summed E-state index contributed by atoms with van der Waals surface area (Å²) in [7, 11) is 0. The zero-order valence-electron chi connectivity index (χ0n) is 10.6. The van der Waals surface area contributed by atoms with E-state index in [0.29, 0.717) is 10.6 Å². The molecule has 20 heavy (non-hydrogen) atoms. The highest BCUT2D eigenvalue weighted by atomic mass is 35.5. The SMILES string of the molecule is O=c1[nH]c(=O)n(C2CCC2)c(O)c1-c1ccccc1Cl. The maximum Gasteiger partial charge on any atom is 0.331 e. The number of aromatic amines is 1. The molecule has 1 aromatic heterocycles. The average Bonchev–Trinajstić information content (AvgIpc) is 2.34. The molecule has 0 saturated heterocycles. The van der Waals surface area contributed by atoms with Crippen LogP contribution in [0.25, 0.3) is 11.1 Å². The van der Waals surface area contributed by atoms with E-state index < -0.39 is 11.2 Å². The second-order valence-corrected chi connectivity index (χ2v) is 5.30. The molecule has 0 aliphatic heterocycles. The number of H-pyrrole nitrogens is 1. The van der Waals surface area contributed by atoms with E-state index in [4.69, 9.17) is 11.6 Å². The number of nitrogens with one attached hydrogen (secondary N) is 1. The third-order valence-corrected chi connectivity index (χ3v) is 4.03. The monoisotopic (exact) mass is 292 g/mol. The fourth-order valence-electron chi connectivity index (χ4n) is 2.43. The molecule has 0 radical (unpaired) electrons. The first-order chi connectivity index (χ1) is 9.59. The van der Waals surface area contributed by atoms with Crippen molar-refractivity contribution in [3.05, 3.63) is 50.1 Å². The van der Waals surface area contributed by atoms with Crippen LogP contribution < -0.4 is 11.2 Å². The van der Waals surface area contributed by atoms with Crippen molar-refractivity contribution in [2.45, 2.75) is 25.3 Å². The summed E-state index contributed by atoms with van der Waals surface area (Å²) in [4.78, 5) is 26.1. The molecule has 0 bridgehead atoms. The lowest BCUT2D eigenvalue weighted by Gasteiger charge is -2.28. The Kier molecular flexibility index (Phi) is 3.14. The quantitative estimate of drug-likeness (QED) is 0.892. The summed E-state index contributed by atoms with van der Waals surface area (Å²) >= 11 is 6.07. The lowest BCUT2D eigenvalue weighted by atomic mass is 9.92. The van der Waals surface area contributed by atoms with Gasteiger partial charge in [0.05, 0.1) is 0 Å². The molecular formula is C14H13ClN2O3. The largest absolute Gasteiger partial charge is 0.494 e. The summed E-state index contributed by atoms with van der Waals surface area (Å²) in [5, 5.41) is 10.7. The molecule has 6 heteroatoms. The van der Waals surface area contributed by atoms with Crippen LogP contribution in [0.3, 0.4) is 0 Å². The molecule has 1 aromatic carbocycles. The molecule has 5 nitrogen and oxygen atoms in total. The number of halogens is 1. The second-order valence-electron chi connectivity index (χ2n) is 4.89. The van der Waals surface area contributed by atoms with E-state index in [1.54, 1.807) is 24.3 Å². The van der Waals surface area contributed by atoms with Gasteiger partial charge in [0.15, 0.2) is 0 Å². The molecule has 1 aliphatic carbocycles. The zero-order valence-corrected chi connectivity index (χ0v) is 11.4. The molecule has 1 heterocycles. The summed E-state index contributed by atoms with van der Waals surface area (Å²) < 4.78 is 1.25. The number of aromatic nitrogens is 2. The summed E-state index contributed by atoms with van der Waals surface area (Å²) in [5.74, 6) is -0.309. The smallest absolute Gasteiger partial charge is 0.331 e. The Hall–Kier alpha value is -2.01. The van der Waals surface area contributed by atoms with Crippen LogP contribution in [0.1, 0.15) is 25.3 Å². The number of benzene rings is 1. The van der Waals surface area contributed by atoms with Gasteiger partial charge >= 0.3 is 5.69 Å². The molecule has 2 N–H and O–H groups in total. The Morgan fingerprint density at radius 3 is 2.55 bits per heavy atom. The number of nitrogens with zero attached hydrogens (tertiary/aromatic N) is 1. The highest BCUT2D eigenvalue weighted by Gasteiger charge is 2.26. The number of hydrogen-bond acceptors (Lipinski definition) is 3. The number of hydrogen-bond donors (Lipinski definition) is 2. The van der Waals surface area contributed by atoms with Crippen LogP contribution in [0.5, 0.6) is 5.88 Å². The number of aromatic hydroxyl groups is 1. The molecule has 0 unspecified atom stereocenters. The zero-order chi connectivity index (χ0) is 14.3. The van der Waals surface area contributed by atoms with Gasteiger partial charge in [-0.2, -0.15) is 0 Å². The third-order valence-electron chi connectivity index (χ3n) is 3.70. The van der Waals surface area contributed by atoms with Gasteiger partial charge in [0.25, 0.3) is 5.56 Å². The third kappa shape index (κ3) is 1.94. The van der Waals surface area contributed by atoms with Crippen LogP contribution in [-0.2, 0) is 0 Å². The van der Waals surface area contributed by atoms with Crippen molar-refractivity contribution in [1.82, 2.24) is 9.55 Å². The molecule has 2 aromatic rings. The lowest BCUT2D eigenvalue weighted by Crippen LogP contribution is -2.35. The van der Waals surface area contributed by atoms with Crippen molar-refractivity contribution in [3.8, 4) is 17.0 Å². The summed E-state index contributed by atoms with van der Waals surface area (Å²) in [6.45, 7) is 0. The van der Waals surface area contributed by atoms with Gasteiger partial charge in [-0.3, -0.25) is 14.3 Å². The second kappa shape index (κ2) is 4.83. The Morgan fingerprint density at radius 1 is 1.25 bits per heavy atom. The molecule has 0 amide bonds. The number of rotatable bonds is 2. The Bertz CT molecular complexity index is 775. The first-order valence-electron chi connectivity index (χ1n) is 6.42. The lowest BCUT2D eigenvalue weighted by molar-refractivity contribution is 0.267. The summed E-state index contributed by atoms with van der Waals surface area (Å²) in [5.41, 5.74) is -0.743. The van der Waals surface area contributed by atoms with Crippen LogP contribution in [0.4, 0.5) is 0 Å². The standard InChI is InChI=1S/C14H13ClN2O3/c15-10-7-2-1-6-9(10)11-12(18)16-14(20)17(13(11)19)8-4-3-5-8/h1-2,6-8,19H,3-5H2,(H,16,18,20). The van der Waals surface area contributed by atoms with Crippen LogP contribution >= 0.6 is 11.6 Å². The minimum absolute atomic E-state index is 0.0436. The first-order valence-corrected chi connectivity index (χ1v) is 6.80. The molecule has 0 spiro atoms. The Labute approximate surface area is 119 Å². The highest BCUT2D eigenvalue weighted by Crippen LogP contribution is 2.36. The van der Waals surface area contributed by atoms with Crippen molar-refractivity contribution < 1.29 is 5.11 Å². The average molecular weight is 293 g/mol. The Balaban J connectivity index is 2.29. The molecule has 3 rings (SSSR count). The summed E-state index contributed by atoms with van der Waals surface area (Å²) in [6, 6.07) is 6.68. The van der Waals surface area contributed by atoms with Gasteiger partial charge in [-0.05, 0) is 25.3 Å². The Morgan fingerprint density at radius 2 is 1.95 bits per heavy atom. The topological polar surface area (TPSA) is 75.1 Å². The van der Waals surface area contributed by atoms with E-state index in [-0.39, 0.29) is 17.5 Å². The van der Waals surface area contributed by atoms with Gasteiger partial charge in [0, 0.05) is 16.6 Å². The van der Waals surface area contributed by atoms with Gasteiger partial charge in [-0.15, -0.1) is 0 Å². The van der Waals surface area contributed by atoms with E-state index in [1.807, 2.05) is 0 Å². The van der Waals surface area contributed by atoms with E-state index in [9.17, 15) is 14.7 Å². The minimum atomic E-state index is -0.629. The van der Waals surface area contributed by atoms with Gasteiger partial charge < -0.3 is 5.11 Å². The molecule has 0 atom stereocenters. The van der Waals surface area contributed by atoms with Crippen molar-refractivity contribution in [2.75, 3.05) is 0 Å². The van der Waals surface area contributed by atoms with Crippen LogP contribution in [0.15, 0.2) is 33.9 Å². The van der Waals surface area contributed by atoms with Crippen LogP contribution in [0, 0.1) is 0 Å². The van der Waals surface area contributed by atoms with Crippen molar-refractivity contribution in [3.63, 3.8) is 0 Å². The van der Waals surface area contributed by atoms with Gasteiger partial charge in [-0.25, -0.2) is 4.79 Å². The normalized spacial score (nSPS) is 15.1. The van der Waals surface area contributed by atoms with E-state index in [1.165, 1.54) is 4.57 Å². The minimum Gasteiger partial charge on any atom is -0.494 e. The van der Waals surface area contributed by atoms with Gasteiger partial charge in [0.1, 0.15) is 5.56 Å². The van der Waals surface area contributed by atoms with Crippen LogP contribution in [0.2, 0.25) is 5.02 Å². The van der Waals surface area contributed by atoms with E-state index >= 15 is 0 Å². The maximum absolute atomic E-state index is 12.0. The van der Waals surface area contributed by atoms with Crippen molar-refractivity contribution >= 4 is 11.6 Å². The summed E-state index contributed by atoms with van der Waals surface area (Å²) in [6.07, 6.45) is 2.65. The molecule has 1 aliphatic rings. The maximum atomic E-state index is 12.0. The van der Waals surface area contributed by atoms with Crippen molar-refractivity contribution in [1.29, 1.82) is 0 Å². The predicted molar refractivity (Wildman–Crippen MR) is 76.3 cm³/mol. The van der Waals surface area contributed by atoms with E-state index in [2.05, 4.69) is 4.98 Å². The highest BCUT2D eigenvalue weighted by molar-refractivity contribution is 6.33. The van der Waals surface area contributed by atoms with E-state index in [0.717, 1.165) is 19.3 Å². The van der Waals surface area contributed by atoms with Crippen molar-refractivity contribution in [2.24, 2.45) is 0 Å². The first kappa shape index (κ1) is 13.0. The molecular weight excluding hydrogens is 280 g/mol. The predicted octanol–water partition coefficient (Wildman–Crippen LogP) is 2.29. The fourth-order valence-corrected chi connectivity index (χ4v) is 2.66. The molecule has 1 fully saturated rings. The molecule has 104 valence electrons. The fraction of sp³-hybridized carbons (Fsp3) is 0.286. The molecule has 1 saturated carbocycles.